The van der Waals surface area contributed by atoms with Crippen LogP contribution < -0.4 is 5.73 Å². The summed E-state index contributed by atoms with van der Waals surface area (Å²) < 4.78 is 39.9. The van der Waals surface area contributed by atoms with Gasteiger partial charge in [0.05, 0.1) is 17.7 Å². The number of hydrogen-bond donors (Lipinski definition) is 2. The van der Waals surface area contributed by atoms with Crippen molar-refractivity contribution in [3.05, 3.63) is 23.3 Å². The lowest BCUT2D eigenvalue weighted by molar-refractivity contribution is -0.141. The first-order chi connectivity index (χ1) is 11.9. The lowest BCUT2D eigenvalue weighted by Crippen LogP contribution is -2.56. The van der Waals surface area contributed by atoms with E-state index in [9.17, 15) is 23.1 Å². The minimum Gasteiger partial charge on any atom is -0.389 e. The summed E-state index contributed by atoms with van der Waals surface area (Å²) in [5.74, 6) is -0.923. The maximum atomic E-state index is 13.3. The maximum absolute atomic E-state index is 13.3. The second-order valence-corrected chi connectivity index (χ2v) is 7.15. The fourth-order valence-corrected chi connectivity index (χ4v) is 3.07. The summed E-state index contributed by atoms with van der Waals surface area (Å²) in [6, 6.07) is -0.311. The third-order valence-electron chi connectivity index (χ3n) is 4.10. The average molecular weight is 375 g/mol. The summed E-state index contributed by atoms with van der Waals surface area (Å²) in [5.41, 5.74) is 2.59. The molecule has 1 amide bonds. The molecule has 1 unspecified atom stereocenters. The highest BCUT2D eigenvalue weighted by molar-refractivity contribution is 5.95. The Labute approximate surface area is 150 Å². The lowest BCUT2D eigenvalue weighted by atomic mass is 10.1. The van der Waals surface area contributed by atoms with Gasteiger partial charge < -0.3 is 15.7 Å². The number of piperazine rings is 1. The molecule has 1 saturated heterocycles. The zero-order valence-corrected chi connectivity index (χ0v) is 15.0. The summed E-state index contributed by atoms with van der Waals surface area (Å²) in [7, 11) is 0. The molecule has 0 spiro atoms. The van der Waals surface area contributed by atoms with Gasteiger partial charge in [0.25, 0.3) is 5.91 Å². The first kappa shape index (κ1) is 20.5. The highest BCUT2D eigenvalue weighted by Gasteiger charge is 2.40. The lowest BCUT2D eigenvalue weighted by Gasteiger charge is -2.41. The standard InChI is InChI=1S/C16H24F3N5O2/c1-10-8-23(9-15(2,3)26)4-5-24(10)14(25)11-7-21-12(6-20)22-13(11)16(17,18)19/h7,10,26H,4-6,8-9,20H2,1-3H3. The van der Waals surface area contributed by atoms with Gasteiger partial charge in [-0.1, -0.05) is 0 Å². The molecule has 1 atom stereocenters. The number of carbonyl (C=O) groups excluding carboxylic acids is 1. The summed E-state index contributed by atoms with van der Waals surface area (Å²) in [6.07, 6.45) is -3.87. The van der Waals surface area contributed by atoms with Crippen molar-refractivity contribution in [2.45, 2.75) is 45.1 Å². The van der Waals surface area contributed by atoms with Gasteiger partial charge in [-0.15, -0.1) is 0 Å². The number of amides is 1. The number of aliphatic hydroxyl groups is 1. The Morgan fingerprint density at radius 3 is 2.54 bits per heavy atom. The zero-order valence-electron chi connectivity index (χ0n) is 15.0. The Kier molecular flexibility index (Phi) is 5.89. The topological polar surface area (TPSA) is 95.6 Å². The molecule has 1 aliphatic heterocycles. The molecule has 2 rings (SSSR count). The van der Waals surface area contributed by atoms with E-state index in [0.717, 1.165) is 6.20 Å². The van der Waals surface area contributed by atoms with Crippen LogP contribution in [0.2, 0.25) is 0 Å². The Morgan fingerprint density at radius 2 is 2.04 bits per heavy atom. The van der Waals surface area contributed by atoms with E-state index in [2.05, 4.69) is 9.97 Å². The Morgan fingerprint density at radius 1 is 1.38 bits per heavy atom. The van der Waals surface area contributed by atoms with E-state index in [4.69, 9.17) is 5.73 Å². The van der Waals surface area contributed by atoms with Crippen LogP contribution in [0.25, 0.3) is 0 Å². The number of aromatic nitrogens is 2. The van der Waals surface area contributed by atoms with E-state index in [1.54, 1.807) is 20.8 Å². The smallest absolute Gasteiger partial charge is 0.389 e. The summed E-state index contributed by atoms with van der Waals surface area (Å²) in [6.45, 7) is 6.47. The molecular weight excluding hydrogens is 351 g/mol. The van der Waals surface area contributed by atoms with Crippen molar-refractivity contribution in [1.82, 2.24) is 19.8 Å². The summed E-state index contributed by atoms with van der Waals surface area (Å²) in [4.78, 5) is 23.2. The second kappa shape index (κ2) is 7.45. The van der Waals surface area contributed by atoms with Gasteiger partial charge >= 0.3 is 6.18 Å². The maximum Gasteiger partial charge on any atom is 0.434 e. The predicted molar refractivity (Wildman–Crippen MR) is 88.2 cm³/mol. The van der Waals surface area contributed by atoms with E-state index in [1.165, 1.54) is 4.90 Å². The molecule has 3 N–H and O–H groups in total. The Bertz CT molecular complexity index is 660. The van der Waals surface area contributed by atoms with Crippen LogP contribution in [0.15, 0.2) is 6.20 Å². The van der Waals surface area contributed by atoms with Crippen molar-refractivity contribution in [2.75, 3.05) is 26.2 Å². The molecule has 26 heavy (non-hydrogen) atoms. The number of nitrogens with zero attached hydrogens (tertiary/aromatic N) is 4. The molecular formula is C16H24F3N5O2. The van der Waals surface area contributed by atoms with Crippen molar-refractivity contribution in [2.24, 2.45) is 5.73 Å². The number of alkyl halides is 3. The van der Waals surface area contributed by atoms with Crippen molar-refractivity contribution >= 4 is 5.91 Å². The quantitative estimate of drug-likeness (QED) is 0.811. The monoisotopic (exact) mass is 375 g/mol. The summed E-state index contributed by atoms with van der Waals surface area (Å²) >= 11 is 0. The van der Waals surface area contributed by atoms with Gasteiger partial charge in [-0.2, -0.15) is 13.2 Å². The van der Waals surface area contributed by atoms with E-state index in [-0.39, 0.29) is 25.0 Å². The third-order valence-corrected chi connectivity index (χ3v) is 4.10. The summed E-state index contributed by atoms with van der Waals surface area (Å²) in [5, 5.41) is 9.91. The SMILES string of the molecule is CC1CN(CC(C)(C)O)CCN1C(=O)c1cnc(CN)nc1C(F)(F)F. The van der Waals surface area contributed by atoms with Gasteiger partial charge in [-0.05, 0) is 20.8 Å². The molecule has 1 aromatic heterocycles. The molecule has 1 fully saturated rings. The van der Waals surface area contributed by atoms with E-state index in [0.29, 0.717) is 19.6 Å². The number of halogens is 3. The van der Waals surface area contributed by atoms with Crippen LogP contribution in [0.3, 0.4) is 0 Å². The number of hydrogen-bond acceptors (Lipinski definition) is 6. The van der Waals surface area contributed by atoms with Crippen LogP contribution in [0, 0.1) is 0 Å². The van der Waals surface area contributed by atoms with Gasteiger partial charge in [0.15, 0.2) is 5.69 Å². The van der Waals surface area contributed by atoms with Crippen molar-refractivity contribution in [3.8, 4) is 0 Å². The molecule has 1 aliphatic rings. The fourth-order valence-electron chi connectivity index (χ4n) is 3.07. The highest BCUT2D eigenvalue weighted by atomic mass is 19.4. The Balaban J connectivity index is 2.22. The zero-order chi connectivity index (χ0) is 19.7. The molecule has 146 valence electrons. The van der Waals surface area contributed by atoms with Crippen LogP contribution in [0.1, 0.15) is 42.6 Å². The molecule has 0 radical (unpaired) electrons. The van der Waals surface area contributed by atoms with Gasteiger partial charge in [-0.3, -0.25) is 9.69 Å². The fraction of sp³-hybridized carbons (Fsp3) is 0.688. The molecule has 10 heteroatoms. The van der Waals surface area contributed by atoms with Crippen LogP contribution in [-0.2, 0) is 12.7 Å². The molecule has 0 aliphatic carbocycles. The third kappa shape index (κ3) is 4.89. The van der Waals surface area contributed by atoms with E-state index in [1.807, 2.05) is 4.90 Å². The van der Waals surface area contributed by atoms with Crippen LogP contribution >= 0.6 is 0 Å². The van der Waals surface area contributed by atoms with E-state index < -0.39 is 28.9 Å². The molecule has 1 aromatic rings. The van der Waals surface area contributed by atoms with Crippen molar-refractivity contribution in [3.63, 3.8) is 0 Å². The molecule has 2 heterocycles. The van der Waals surface area contributed by atoms with Gasteiger partial charge in [0, 0.05) is 38.4 Å². The predicted octanol–water partition coefficient (Wildman–Crippen LogP) is 0.871. The van der Waals surface area contributed by atoms with E-state index >= 15 is 0 Å². The minimum absolute atomic E-state index is 0.170. The minimum atomic E-state index is -4.77. The average Bonchev–Trinajstić information content (AvgIpc) is 2.51. The van der Waals surface area contributed by atoms with Crippen molar-refractivity contribution < 1.29 is 23.1 Å². The highest BCUT2D eigenvalue weighted by Crippen LogP contribution is 2.31. The first-order valence-electron chi connectivity index (χ1n) is 8.31. The number of nitrogens with two attached hydrogens (primary N) is 1. The largest absolute Gasteiger partial charge is 0.434 e. The molecule has 0 saturated carbocycles. The van der Waals surface area contributed by atoms with Gasteiger partial charge in [-0.25, -0.2) is 9.97 Å². The number of β-amino-alcohol motifs (C(OH)–C–C–N with tert-alkyl or cyclic N) is 1. The second-order valence-electron chi connectivity index (χ2n) is 7.15. The number of rotatable bonds is 4. The molecule has 0 aromatic carbocycles. The molecule has 7 nitrogen and oxygen atoms in total. The Hall–Kier alpha value is -1.78. The van der Waals surface area contributed by atoms with Crippen LogP contribution in [0.5, 0.6) is 0 Å². The van der Waals surface area contributed by atoms with Gasteiger partial charge in [0.2, 0.25) is 0 Å². The first-order valence-corrected chi connectivity index (χ1v) is 8.31. The van der Waals surface area contributed by atoms with Gasteiger partial charge in [0.1, 0.15) is 5.82 Å². The van der Waals surface area contributed by atoms with Crippen LogP contribution in [0.4, 0.5) is 13.2 Å². The normalized spacial score (nSPS) is 19.7. The van der Waals surface area contributed by atoms with Crippen molar-refractivity contribution in [1.29, 1.82) is 0 Å². The van der Waals surface area contributed by atoms with Crippen LogP contribution in [-0.4, -0.2) is 68.6 Å². The molecule has 0 bridgehead atoms. The number of carbonyl (C=O) groups is 1.